The number of carbonyl (C=O) groups is 1. The van der Waals surface area contributed by atoms with Crippen LogP contribution in [0.15, 0.2) is 22.7 Å². The zero-order chi connectivity index (χ0) is 12.1. The van der Waals surface area contributed by atoms with Crippen molar-refractivity contribution in [3.63, 3.8) is 0 Å². The van der Waals surface area contributed by atoms with Crippen molar-refractivity contribution >= 4 is 21.8 Å². The van der Waals surface area contributed by atoms with Gasteiger partial charge >= 0.3 is 0 Å². The number of nitrogens with one attached hydrogen (secondary N) is 1. The van der Waals surface area contributed by atoms with Crippen LogP contribution in [0.4, 0.5) is 4.39 Å². The lowest BCUT2D eigenvalue weighted by molar-refractivity contribution is -0.128. The minimum absolute atomic E-state index is 0.309. The second kappa shape index (κ2) is 5.96. The first-order valence-electron chi connectivity index (χ1n) is 4.90. The summed E-state index contributed by atoms with van der Waals surface area (Å²) in [6, 6.07) is 4.70. The molecule has 0 heterocycles. The van der Waals surface area contributed by atoms with Gasteiger partial charge in [0.2, 0.25) is 5.91 Å². The smallest absolute Gasteiger partial charge is 0.248 e. The van der Waals surface area contributed by atoms with Crippen LogP contribution < -0.4 is 5.32 Å². The molecule has 0 bridgehead atoms. The van der Waals surface area contributed by atoms with E-state index >= 15 is 0 Å². The summed E-state index contributed by atoms with van der Waals surface area (Å²) >= 11 is 3.09. The van der Waals surface area contributed by atoms with Gasteiger partial charge in [-0.2, -0.15) is 0 Å². The molecule has 88 valence electrons. The second-order valence-corrected chi connectivity index (χ2v) is 4.32. The Hall–Kier alpha value is -0.940. The van der Waals surface area contributed by atoms with Crippen LogP contribution in [0.2, 0.25) is 0 Å². The minimum Gasteiger partial charge on any atom is -0.384 e. The number of hydrogen-bond acceptors (Lipinski definition) is 2. The van der Waals surface area contributed by atoms with Crippen LogP contribution in [-0.2, 0) is 11.2 Å². The highest BCUT2D eigenvalue weighted by Crippen LogP contribution is 2.16. The third-order valence-electron chi connectivity index (χ3n) is 2.08. The number of amides is 1. The largest absolute Gasteiger partial charge is 0.384 e. The third-order valence-corrected chi connectivity index (χ3v) is 2.68. The zero-order valence-electron chi connectivity index (χ0n) is 8.84. The Balaban J connectivity index is 2.43. The predicted molar refractivity (Wildman–Crippen MR) is 62.5 cm³/mol. The number of aliphatic hydroxyl groups is 1. The van der Waals surface area contributed by atoms with E-state index in [-0.39, 0.29) is 5.82 Å². The average Bonchev–Trinajstić information content (AvgIpc) is 2.23. The summed E-state index contributed by atoms with van der Waals surface area (Å²) in [7, 11) is 0. The summed E-state index contributed by atoms with van der Waals surface area (Å²) < 4.78 is 13.3. The van der Waals surface area contributed by atoms with E-state index in [1.807, 2.05) is 0 Å². The van der Waals surface area contributed by atoms with Crippen molar-refractivity contribution in [3.05, 3.63) is 34.1 Å². The Kier molecular flexibility index (Phi) is 4.89. The van der Waals surface area contributed by atoms with E-state index < -0.39 is 12.0 Å². The molecule has 0 saturated heterocycles. The summed E-state index contributed by atoms with van der Waals surface area (Å²) in [5.74, 6) is -0.710. The van der Waals surface area contributed by atoms with E-state index in [1.54, 1.807) is 12.1 Å². The topological polar surface area (TPSA) is 49.3 Å². The molecular weight excluding hydrogens is 277 g/mol. The number of halogens is 2. The summed E-state index contributed by atoms with van der Waals surface area (Å²) in [5, 5.41) is 11.5. The van der Waals surface area contributed by atoms with Gasteiger partial charge in [0.25, 0.3) is 0 Å². The maximum Gasteiger partial charge on any atom is 0.248 e. The lowest BCUT2D eigenvalue weighted by atomic mass is 10.1. The van der Waals surface area contributed by atoms with Gasteiger partial charge in [0, 0.05) is 6.54 Å². The fourth-order valence-electron chi connectivity index (χ4n) is 1.17. The van der Waals surface area contributed by atoms with Gasteiger partial charge in [0.15, 0.2) is 0 Å². The van der Waals surface area contributed by atoms with Crippen LogP contribution in [0.3, 0.4) is 0 Å². The molecule has 0 aliphatic heterocycles. The Morgan fingerprint density at radius 2 is 2.31 bits per heavy atom. The molecular formula is C11H13BrFNO2. The van der Waals surface area contributed by atoms with Crippen molar-refractivity contribution in [1.29, 1.82) is 0 Å². The molecule has 3 nitrogen and oxygen atoms in total. The van der Waals surface area contributed by atoms with Gasteiger partial charge in [0.05, 0.1) is 4.47 Å². The van der Waals surface area contributed by atoms with Crippen LogP contribution in [0.25, 0.3) is 0 Å². The fraction of sp³-hybridized carbons (Fsp3) is 0.364. The second-order valence-electron chi connectivity index (χ2n) is 3.47. The minimum atomic E-state index is -1.00. The van der Waals surface area contributed by atoms with Crippen molar-refractivity contribution in [3.8, 4) is 0 Å². The molecule has 1 atom stereocenters. The molecule has 0 saturated carbocycles. The van der Waals surface area contributed by atoms with Gasteiger partial charge in [-0.25, -0.2) is 4.39 Å². The van der Waals surface area contributed by atoms with Crippen LogP contribution >= 0.6 is 15.9 Å². The van der Waals surface area contributed by atoms with Crippen molar-refractivity contribution in [2.45, 2.75) is 19.4 Å². The molecule has 0 spiro atoms. The molecule has 2 N–H and O–H groups in total. The van der Waals surface area contributed by atoms with Gasteiger partial charge in [0.1, 0.15) is 11.9 Å². The highest BCUT2D eigenvalue weighted by atomic mass is 79.9. The van der Waals surface area contributed by atoms with Crippen LogP contribution in [0.5, 0.6) is 0 Å². The van der Waals surface area contributed by atoms with Gasteiger partial charge in [-0.1, -0.05) is 6.07 Å². The molecule has 1 unspecified atom stereocenters. The maximum atomic E-state index is 12.9. The highest BCUT2D eigenvalue weighted by molar-refractivity contribution is 9.10. The van der Waals surface area contributed by atoms with Gasteiger partial charge in [-0.05, 0) is 47.0 Å². The average molecular weight is 290 g/mol. The molecule has 5 heteroatoms. The van der Waals surface area contributed by atoms with Gasteiger partial charge in [-0.3, -0.25) is 4.79 Å². The van der Waals surface area contributed by atoms with Crippen LogP contribution in [-0.4, -0.2) is 23.7 Å². The van der Waals surface area contributed by atoms with E-state index in [0.717, 1.165) is 5.56 Å². The summed E-state index contributed by atoms with van der Waals surface area (Å²) in [6.45, 7) is 1.83. The van der Waals surface area contributed by atoms with E-state index in [0.29, 0.717) is 17.4 Å². The number of benzene rings is 1. The lowest BCUT2D eigenvalue weighted by Crippen LogP contribution is -2.33. The maximum absolute atomic E-state index is 12.9. The van der Waals surface area contributed by atoms with E-state index in [1.165, 1.54) is 13.0 Å². The van der Waals surface area contributed by atoms with Crippen molar-refractivity contribution in [2.24, 2.45) is 0 Å². The molecule has 1 rings (SSSR count). The molecule has 0 aliphatic carbocycles. The monoisotopic (exact) mass is 289 g/mol. The summed E-state index contributed by atoms with van der Waals surface area (Å²) in [6.07, 6.45) is -0.405. The van der Waals surface area contributed by atoms with Gasteiger partial charge in [-0.15, -0.1) is 0 Å². The predicted octanol–water partition coefficient (Wildman–Crippen LogP) is 1.63. The standard InChI is InChI=1S/C11H13BrFNO2/c1-7(15)11(16)14-5-4-8-2-3-10(13)9(12)6-8/h2-3,6-7,15H,4-5H2,1H3,(H,14,16). The number of carbonyl (C=O) groups excluding carboxylic acids is 1. The van der Waals surface area contributed by atoms with E-state index in [4.69, 9.17) is 5.11 Å². The molecule has 0 fully saturated rings. The Morgan fingerprint density at radius 3 is 2.88 bits per heavy atom. The number of aliphatic hydroxyl groups excluding tert-OH is 1. The zero-order valence-corrected chi connectivity index (χ0v) is 10.4. The van der Waals surface area contributed by atoms with E-state index in [9.17, 15) is 9.18 Å². The van der Waals surface area contributed by atoms with Crippen molar-refractivity contribution in [1.82, 2.24) is 5.32 Å². The quantitative estimate of drug-likeness (QED) is 0.885. The molecule has 1 amide bonds. The fourth-order valence-corrected chi connectivity index (χ4v) is 1.60. The van der Waals surface area contributed by atoms with Gasteiger partial charge < -0.3 is 10.4 Å². The van der Waals surface area contributed by atoms with Crippen LogP contribution in [0, 0.1) is 5.82 Å². The Labute approximate surface area is 102 Å². The molecule has 0 aliphatic rings. The molecule has 16 heavy (non-hydrogen) atoms. The molecule has 0 aromatic heterocycles. The Bertz CT molecular complexity index is 382. The lowest BCUT2D eigenvalue weighted by Gasteiger charge is -2.07. The van der Waals surface area contributed by atoms with E-state index in [2.05, 4.69) is 21.2 Å². The molecule has 1 aromatic rings. The summed E-state index contributed by atoms with van der Waals surface area (Å²) in [4.78, 5) is 11.0. The number of hydrogen-bond donors (Lipinski definition) is 2. The Morgan fingerprint density at radius 1 is 1.62 bits per heavy atom. The first-order chi connectivity index (χ1) is 7.50. The SMILES string of the molecule is CC(O)C(=O)NCCc1ccc(F)c(Br)c1. The molecule has 0 radical (unpaired) electrons. The number of rotatable bonds is 4. The first kappa shape index (κ1) is 13.1. The van der Waals surface area contributed by atoms with Crippen LogP contribution in [0.1, 0.15) is 12.5 Å². The van der Waals surface area contributed by atoms with Crippen molar-refractivity contribution in [2.75, 3.05) is 6.54 Å². The highest BCUT2D eigenvalue weighted by Gasteiger charge is 2.07. The molecule has 1 aromatic carbocycles. The normalized spacial score (nSPS) is 12.2. The third kappa shape index (κ3) is 3.90. The first-order valence-corrected chi connectivity index (χ1v) is 5.69. The summed E-state index contributed by atoms with van der Waals surface area (Å²) in [5.41, 5.74) is 0.916. The van der Waals surface area contributed by atoms with Crippen molar-refractivity contribution < 1.29 is 14.3 Å².